The minimum atomic E-state index is -0.164. The molecule has 1 saturated heterocycles. The topological polar surface area (TPSA) is 45.2 Å². The van der Waals surface area contributed by atoms with E-state index < -0.39 is 0 Å². The highest BCUT2D eigenvalue weighted by molar-refractivity contribution is 7.17. The number of carbonyl (C=O) groups excluding carboxylic acids is 1. The molecule has 0 aliphatic carbocycles. The van der Waals surface area contributed by atoms with Gasteiger partial charge in [-0.3, -0.25) is 9.78 Å². The van der Waals surface area contributed by atoms with Gasteiger partial charge >= 0.3 is 0 Å². The third-order valence-electron chi connectivity index (χ3n) is 3.72. The Morgan fingerprint density at radius 1 is 1.43 bits per heavy atom. The van der Waals surface area contributed by atoms with E-state index in [1.807, 2.05) is 33.0 Å². The monoisotopic (exact) mass is 303 g/mol. The van der Waals surface area contributed by atoms with Crippen LogP contribution >= 0.6 is 11.3 Å². The van der Waals surface area contributed by atoms with Crippen molar-refractivity contribution in [3.8, 4) is 0 Å². The van der Waals surface area contributed by atoms with E-state index in [0.717, 1.165) is 25.0 Å². The summed E-state index contributed by atoms with van der Waals surface area (Å²) in [6.07, 6.45) is 2.77. The van der Waals surface area contributed by atoms with Gasteiger partial charge < -0.3 is 10.2 Å². The van der Waals surface area contributed by atoms with Crippen LogP contribution in [0.1, 0.15) is 27.2 Å². The molecule has 1 fully saturated rings. The van der Waals surface area contributed by atoms with Crippen LogP contribution in [0.4, 0.5) is 5.69 Å². The quantitative estimate of drug-likeness (QED) is 0.927. The Morgan fingerprint density at radius 2 is 2.24 bits per heavy atom. The molecule has 0 radical (unpaired) electrons. The number of hydrogen-bond donors (Lipinski definition) is 1. The van der Waals surface area contributed by atoms with Gasteiger partial charge in [-0.15, -0.1) is 11.3 Å². The average molecular weight is 303 g/mol. The Labute approximate surface area is 129 Å². The molecule has 112 valence electrons. The largest absolute Gasteiger partial charge is 0.369 e. The van der Waals surface area contributed by atoms with Gasteiger partial charge in [-0.05, 0) is 44.7 Å². The van der Waals surface area contributed by atoms with Gasteiger partial charge in [0.1, 0.15) is 0 Å². The van der Waals surface area contributed by atoms with Crippen molar-refractivity contribution in [3.63, 3.8) is 0 Å². The van der Waals surface area contributed by atoms with Gasteiger partial charge in [-0.2, -0.15) is 0 Å². The number of pyridine rings is 1. The summed E-state index contributed by atoms with van der Waals surface area (Å²) in [6, 6.07) is 4.10. The highest BCUT2D eigenvalue weighted by Gasteiger charge is 2.31. The minimum absolute atomic E-state index is 0.0763. The summed E-state index contributed by atoms with van der Waals surface area (Å²) in [5.74, 6) is 0.244. The lowest BCUT2D eigenvalue weighted by Crippen LogP contribution is -2.44. The Bertz CT molecular complexity index is 659. The second kappa shape index (κ2) is 5.30. The van der Waals surface area contributed by atoms with Crippen LogP contribution in [0.2, 0.25) is 0 Å². The molecule has 21 heavy (non-hydrogen) atoms. The molecule has 1 unspecified atom stereocenters. The van der Waals surface area contributed by atoms with E-state index in [2.05, 4.69) is 26.6 Å². The number of nitrogens with zero attached hydrogens (tertiary/aromatic N) is 2. The number of aromatic nitrogens is 1. The van der Waals surface area contributed by atoms with Crippen molar-refractivity contribution in [1.82, 2.24) is 10.3 Å². The molecule has 4 nitrogen and oxygen atoms in total. The molecule has 5 heteroatoms. The molecule has 3 rings (SSSR count). The Balaban J connectivity index is 1.75. The molecule has 0 bridgehead atoms. The zero-order valence-corrected chi connectivity index (χ0v) is 13.5. The van der Waals surface area contributed by atoms with Crippen molar-refractivity contribution >= 4 is 33.1 Å². The fourth-order valence-corrected chi connectivity index (χ4v) is 3.67. The predicted molar refractivity (Wildman–Crippen MR) is 87.8 cm³/mol. The lowest BCUT2D eigenvalue weighted by atomic mass is 10.0. The van der Waals surface area contributed by atoms with Gasteiger partial charge in [0, 0.05) is 24.8 Å². The lowest BCUT2D eigenvalue weighted by molar-refractivity contribution is -0.125. The van der Waals surface area contributed by atoms with E-state index in [-0.39, 0.29) is 17.4 Å². The first-order chi connectivity index (χ1) is 9.94. The van der Waals surface area contributed by atoms with Gasteiger partial charge in [0.05, 0.1) is 21.8 Å². The zero-order chi connectivity index (χ0) is 15.0. The number of amides is 1. The van der Waals surface area contributed by atoms with Crippen molar-refractivity contribution in [2.75, 3.05) is 18.0 Å². The van der Waals surface area contributed by atoms with Gasteiger partial charge in [-0.25, -0.2) is 0 Å². The van der Waals surface area contributed by atoms with Crippen LogP contribution in [0.3, 0.4) is 0 Å². The van der Waals surface area contributed by atoms with Gasteiger partial charge in [0.25, 0.3) is 0 Å². The van der Waals surface area contributed by atoms with Crippen molar-refractivity contribution in [2.24, 2.45) is 5.92 Å². The SMILES string of the molecule is CC(C)(C)NC(=O)C1CCN(c2ccnc3ccsc23)C1. The maximum absolute atomic E-state index is 12.3. The first-order valence-electron chi connectivity index (χ1n) is 7.33. The van der Waals surface area contributed by atoms with E-state index in [0.29, 0.717) is 0 Å². The normalized spacial score (nSPS) is 19.2. The van der Waals surface area contributed by atoms with Gasteiger partial charge in [0.15, 0.2) is 0 Å². The molecular formula is C16H21N3OS. The fourth-order valence-electron chi connectivity index (χ4n) is 2.77. The third-order valence-corrected chi connectivity index (χ3v) is 4.65. The summed E-state index contributed by atoms with van der Waals surface area (Å²) < 4.78 is 1.22. The number of nitrogens with one attached hydrogen (secondary N) is 1. The molecule has 2 aromatic rings. The van der Waals surface area contributed by atoms with E-state index in [1.54, 1.807) is 11.3 Å². The minimum Gasteiger partial charge on any atom is -0.369 e. The Hall–Kier alpha value is -1.62. The molecule has 0 saturated carbocycles. The molecular weight excluding hydrogens is 282 g/mol. The smallest absolute Gasteiger partial charge is 0.225 e. The van der Waals surface area contributed by atoms with Crippen LogP contribution < -0.4 is 10.2 Å². The molecule has 2 aromatic heterocycles. The third kappa shape index (κ3) is 3.02. The highest BCUT2D eigenvalue weighted by atomic mass is 32.1. The van der Waals surface area contributed by atoms with Crippen LogP contribution in [0.5, 0.6) is 0 Å². The molecule has 1 aliphatic heterocycles. The Morgan fingerprint density at radius 3 is 3.00 bits per heavy atom. The van der Waals surface area contributed by atoms with E-state index in [4.69, 9.17) is 0 Å². The zero-order valence-electron chi connectivity index (χ0n) is 12.7. The molecule has 1 N–H and O–H groups in total. The fraction of sp³-hybridized carbons (Fsp3) is 0.500. The van der Waals surface area contributed by atoms with E-state index in [9.17, 15) is 4.79 Å². The summed E-state index contributed by atoms with van der Waals surface area (Å²) >= 11 is 1.72. The summed E-state index contributed by atoms with van der Waals surface area (Å²) in [5, 5.41) is 5.16. The summed E-state index contributed by atoms with van der Waals surface area (Å²) in [7, 11) is 0. The summed E-state index contributed by atoms with van der Waals surface area (Å²) in [6.45, 7) is 7.79. The molecule has 0 aromatic carbocycles. The maximum Gasteiger partial charge on any atom is 0.225 e. The maximum atomic E-state index is 12.3. The van der Waals surface area contributed by atoms with Gasteiger partial charge in [-0.1, -0.05) is 0 Å². The van der Waals surface area contributed by atoms with Crippen LogP contribution in [0, 0.1) is 5.92 Å². The van der Waals surface area contributed by atoms with Crippen LogP contribution in [0.25, 0.3) is 10.2 Å². The second-order valence-electron chi connectivity index (χ2n) is 6.64. The average Bonchev–Trinajstić information content (AvgIpc) is 3.05. The van der Waals surface area contributed by atoms with E-state index >= 15 is 0 Å². The number of thiophene rings is 1. The number of hydrogen-bond acceptors (Lipinski definition) is 4. The number of fused-ring (bicyclic) bond motifs is 1. The lowest BCUT2D eigenvalue weighted by Gasteiger charge is -2.23. The van der Waals surface area contributed by atoms with Crippen molar-refractivity contribution in [2.45, 2.75) is 32.7 Å². The van der Waals surface area contributed by atoms with Crippen molar-refractivity contribution < 1.29 is 4.79 Å². The molecule has 1 atom stereocenters. The van der Waals surface area contributed by atoms with Crippen molar-refractivity contribution in [1.29, 1.82) is 0 Å². The first kappa shape index (κ1) is 14.3. The predicted octanol–water partition coefficient (Wildman–Crippen LogP) is 3.04. The molecule has 3 heterocycles. The van der Waals surface area contributed by atoms with Crippen molar-refractivity contribution in [3.05, 3.63) is 23.7 Å². The summed E-state index contributed by atoms with van der Waals surface area (Å²) in [4.78, 5) is 19.0. The highest BCUT2D eigenvalue weighted by Crippen LogP contribution is 2.33. The number of anilines is 1. The van der Waals surface area contributed by atoms with Crippen LogP contribution in [0.15, 0.2) is 23.7 Å². The van der Waals surface area contributed by atoms with Gasteiger partial charge in [0.2, 0.25) is 5.91 Å². The number of carbonyl (C=O) groups is 1. The standard InChI is InChI=1S/C16H21N3OS/c1-16(2,3)18-15(20)11-5-8-19(10-11)13-4-7-17-12-6-9-21-14(12)13/h4,6-7,9,11H,5,8,10H2,1-3H3,(H,18,20). The van der Waals surface area contributed by atoms with Crippen LogP contribution in [-0.4, -0.2) is 29.5 Å². The Kier molecular flexibility index (Phi) is 3.61. The second-order valence-corrected chi connectivity index (χ2v) is 7.55. The first-order valence-corrected chi connectivity index (χ1v) is 8.21. The number of rotatable bonds is 2. The molecule has 0 spiro atoms. The summed E-state index contributed by atoms with van der Waals surface area (Å²) in [5.41, 5.74) is 2.09. The molecule has 1 aliphatic rings. The van der Waals surface area contributed by atoms with E-state index in [1.165, 1.54) is 10.4 Å². The van der Waals surface area contributed by atoms with Crippen LogP contribution in [-0.2, 0) is 4.79 Å². The molecule has 1 amide bonds.